The van der Waals surface area contributed by atoms with Crippen LogP contribution in [0.15, 0.2) is 24.3 Å². The highest BCUT2D eigenvalue weighted by atomic mass is 35.5. The largest absolute Gasteiger partial charge is 0.338 e. The number of nitrogens with zero attached hydrogens (tertiary/aromatic N) is 1. The molecule has 19 heavy (non-hydrogen) atoms. The van der Waals surface area contributed by atoms with Crippen LogP contribution in [0.5, 0.6) is 0 Å². The quantitative estimate of drug-likeness (QED) is 0.760. The zero-order chi connectivity index (χ0) is 13.8. The second-order valence-electron chi connectivity index (χ2n) is 4.22. The van der Waals surface area contributed by atoms with Gasteiger partial charge in [-0.25, -0.2) is 4.39 Å². The number of fused-ring (bicyclic) bond motifs is 1. The SMILES string of the molecule is CCN(CCCCl)C(=O)c1cc2ccc(F)cc2s1. The molecule has 1 heterocycles. The monoisotopic (exact) mass is 299 g/mol. The number of carbonyl (C=O) groups is 1. The second kappa shape index (κ2) is 6.35. The highest BCUT2D eigenvalue weighted by Gasteiger charge is 2.16. The van der Waals surface area contributed by atoms with Crippen molar-refractivity contribution >= 4 is 38.9 Å². The maximum absolute atomic E-state index is 13.1. The van der Waals surface area contributed by atoms with E-state index in [1.807, 2.05) is 13.0 Å². The molecule has 0 unspecified atom stereocenters. The first-order valence-electron chi connectivity index (χ1n) is 6.20. The number of alkyl halides is 1. The highest BCUT2D eigenvalue weighted by molar-refractivity contribution is 7.20. The third kappa shape index (κ3) is 3.25. The van der Waals surface area contributed by atoms with Gasteiger partial charge >= 0.3 is 0 Å². The molecule has 0 N–H and O–H groups in total. The maximum atomic E-state index is 13.1. The number of hydrogen-bond donors (Lipinski definition) is 0. The number of thiophene rings is 1. The Morgan fingerprint density at radius 3 is 2.89 bits per heavy atom. The molecule has 2 aromatic rings. The van der Waals surface area contributed by atoms with Crippen LogP contribution in [0.3, 0.4) is 0 Å². The van der Waals surface area contributed by atoms with Crippen molar-refractivity contribution in [2.24, 2.45) is 0 Å². The molecule has 1 amide bonds. The molecule has 2 rings (SSSR count). The van der Waals surface area contributed by atoms with Crippen molar-refractivity contribution in [2.75, 3.05) is 19.0 Å². The summed E-state index contributed by atoms with van der Waals surface area (Å²) in [5.74, 6) is 0.263. The highest BCUT2D eigenvalue weighted by Crippen LogP contribution is 2.27. The van der Waals surface area contributed by atoms with Crippen LogP contribution in [0.25, 0.3) is 10.1 Å². The van der Waals surface area contributed by atoms with E-state index in [1.165, 1.54) is 23.5 Å². The van der Waals surface area contributed by atoms with E-state index in [4.69, 9.17) is 11.6 Å². The number of rotatable bonds is 5. The van der Waals surface area contributed by atoms with Crippen molar-refractivity contribution in [2.45, 2.75) is 13.3 Å². The molecule has 0 saturated heterocycles. The van der Waals surface area contributed by atoms with Gasteiger partial charge in [-0.1, -0.05) is 6.07 Å². The molecule has 102 valence electrons. The predicted molar refractivity (Wildman–Crippen MR) is 78.7 cm³/mol. The Bertz CT molecular complexity index is 584. The van der Waals surface area contributed by atoms with Crippen molar-refractivity contribution in [3.8, 4) is 0 Å². The van der Waals surface area contributed by atoms with E-state index in [1.54, 1.807) is 11.0 Å². The molecule has 0 fully saturated rings. The van der Waals surface area contributed by atoms with Gasteiger partial charge in [-0.05, 0) is 36.9 Å². The number of halogens is 2. The van der Waals surface area contributed by atoms with Crippen molar-refractivity contribution < 1.29 is 9.18 Å². The second-order valence-corrected chi connectivity index (χ2v) is 5.68. The molecule has 5 heteroatoms. The van der Waals surface area contributed by atoms with Crippen LogP contribution in [-0.4, -0.2) is 29.8 Å². The van der Waals surface area contributed by atoms with Gasteiger partial charge in [0.2, 0.25) is 0 Å². The summed E-state index contributed by atoms with van der Waals surface area (Å²) < 4.78 is 13.9. The molecule has 0 aliphatic carbocycles. The molecule has 0 aliphatic heterocycles. The zero-order valence-electron chi connectivity index (χ0n) is 10.7. The standard InChI is InChI=1S/C14H15ClFNOS/c1-2-17(7-3-6-15)14(18)13-8-10-4-5-11(16)9-12(10)19-13/h4-5,8-9H,2-3,6-7H2,1H3. The van der Waals surface area contributed by atoms with Crippen LogP contribution in [0.4, 0.5) is 4.39 Å². The summed E-state index contributed by atoms with van der Waals surface area (Å²) in [5.41, 5.74) is 0. The lowest BCUT2D eigenvalue weighted by atomic mass is 10.2. The molecule has 0 atom stereocenters. The summed E-state index contributed by atoms with van der Waals surface area (Å²) in [6.07, 6.45) is 0.778. The Labute approximate surface area is 120 Å². The predicted octanol–water partition coefficient (Wildman–Crippen LogP) is 4.13. The number of hydrogen-bond acceptors (Lipinski definition) is 2. The Morgan fingerprint density at radius 2 is 2.21 bits per heavy atom. The van der Waals surface area contributed by atoms with E-state index < -0.39 is 0 Å². The summed E-state index contributed by atoms with van der Waals surface area (Å²) in [6, 6.07) is 6.40. The lowest BCUT2D eigenvalue weighted by Crippen LogP contribution is -2.31. The maximum Gasteiger partial charge on any atom is 0.263 e. The molecule has 0 radical (unpaired) electrons. The minimum absolute atomic E-state index is 0.00535. The Balaban J connectivity index is 2.24. The van der Waals surface area contributed by atoms with E-state index in [2.05, 4.69) is 0 Å². The minimum atomic E-state index is -0.275. The van der Waals surface area contributed by atoms with Crippen LogP contribution >= 0.6 is 22.9 Å². The van der Waals surface area contributed by atoms with Crippen molar-refractivity contribution in [1.29, 1.82) is 0 Å². The average Bonchev–Trinajstić information content (AvgIpc) is 2.82. The summed E-state index contributed by atoms with van der Waals surface area (Å²) in [5, 5.41) is 0.906. The minimum Gasteiger partial charge on any atom is -0.338 e. The molecule has 2 nitrogen and oxygen atoms in total. The average molecular weight is 300 g/mol. The zero-order valence-corrected chi connectivity index (χ0v) is 12.2. The number of benzene rings is 1. The van der Waals surface area contributed by atoms with Crippen LogP contribution < -0.4 is 0 Å². The van der Waals surface area contributed by atoms with E-state index >= 15 is 0 Å². The van der Waals surface area contributed by atoms with Gasteiger partial charge in [0.1, 0.15) is 5.82 Å². The lowest BCUT2D eigenvalue weighted by Gasteiger charge is -2.19. The fourth-order valence-corrected chi connectivity index (χ4v) is 3.10. The molecule has 1 aromatic carbocycles. The third-order valence-electron chi connectivity index (χ3n) is 2.92. The fourth-order valence-electron chi connectivity index (χ4n) is 1.92. The molecular weight excluding hydrogens is 285 g/mol. The van der Waals surface area contributed by atoms with Gasteiger partial charge in [-0.2, -0.15) is 0 Å². The van der Waals surface area contributed by atoms with Crippen molar-refractivity contribution in [3.05, 3.63) is 35.0 Å². The summed E-state index contributed by atoms with van der Waals surface area (Å²) >= 11 is 6.99. The summed E-state index contributed by atoms with van der Waals surface area (Å²) in [4.78, 5) is 14.8. The van der Waals surface area contributed by atoms with Gasteiger partial charge in [-0.15, -0.1) is 22.9 Å². The number of amides is 1. The van der Waals surface area contributed by atoms with Crippen LogP contribution in [0.1, 0.15) is 23.0 Å². The van der Waals surface area contributed by atoms with Crippen LogP contribution in [-0.2, 0) is 0 Å². The van der Waals surface area contributed by atoms with Gasteiger partial charge < -0.3 is 4.90 Å². The third-order valence-corrected chi connectivity index (χ3v) is 4.28. The van der Waals surface area contributed by atoms with Gasteiger partial charge in [0.25, 0.3) is 5.91 Å². The Morgan fingerprint density at radius 1 is 1.42 bits per heavy atom. The number of carbonyl (C=O) groups excluding carboxylic acids is 1. The van der Waals surface area contributed by atoms with Gasteiger partial charge in [-0.3, -0.25) is 4.79 Å². The van der Waals surface area contributed by atoms with Gasteiger partial charge in [0, 0.05) is 23.7 Å². The summed E-state index contributed by atoms with van der Waals surface area (Å²) in [6.45, 7) is 3.25. The molecule has 0 saturated carbocycles. The molecule has 0 bridgehead atoms. The topological polar surface area (TPSA) is 20.3 Å². The molecule has 1 aromatic heterocycles. The normalized spacial score (nSPS) is 10.9. The molecular formula is C14H15ClFNOS. The first kappa shape index (κ1) is 14.3. The Kier molecular flexibility index (Phi) is 4.77. The molecule has 0 aliphatic rings. The van der Waals surface area contributed by atoms with E-state index in [9.17, 15) is 9.18 Å². The lowest BCUT2D eigenvalue weighted by molar-refractivity contribution is 0.0770. The van der Waals surface area contributed by atoms with Gasteiger partial charge in [0.05, 0.1) is 4.88 Å². The van der Waals surface area contributed by atoms with Crippen LogP contribution in [0.2, 0.25) is 0 Å². The summed E-state index contributed by atoms with van der Waals surface area (Å²) in [7, 11) is 0. The van der Waals surface area contributed by atoms with Crippen molar-refractivity contribution in [3.63, 3.8) is 0 Å². The van der Waals surface area contributed by atoms with E-state index in [0.717, 1.165) is 16.5 Å². The van der Waals surface area contributed by atoms with Crippen molar-refractivity contribution in [1.82, 2.24) is 4.90 Å². The van der Waals surface area contributed by atoms with E-state index in [-0.39, 0.29) is 11.7 Å². The first-order valence-corrected chi connectivity index (χ1v) is 7.55. The Hall–Kier alpha value is -1.13. The van der Waals surface area contributed by atoms with Gasteiger partial charge in [0.15, 0.2) is 0 Å². The van der Waals surface area contributed by atoms with E-state index in [0.29, 0.717) is 23.8 Å². The molecule has 0 spiro atoms. The smallest absolute Gasteiger partial charge is 0.263 e. The first-order chi connectivity index (χ1) is 9.15. The van der Waals surface area contributed by atoms with Crippen LogP contribution in [0, 0.1) is 5.82 Å². The fraction of sp³-hybridized carbons (Fsp3) is 0.357.